The maximum atomic E-state index is 12.0. The minimum atomic E-state index is 0.138. The third-order valence-electron chi connectivity index (χ3n) is 4.48. The van der Waals surface area contributed by atoms with E-state index in [0.29, 0.717) is 12.3 Å². The summed E-state index contributed by atoms with van der Waals surface area (Å²) in [4.78, 5) is 25.1. The molecule has 0 aromatic rings. The second-order valence-electron chi connectivity index (χ2n) is 6.10. The lowest BCUT2D eigenvalue weighted by molar-refractivity contribution is -0.130. The second-order valence-corrected chi connectivity index (χ2v) is 6.10. The molecule has 2 rings (SSSR count). The van der Waals surface area contributed by atoms with Crippen LogP contribution in [0.3, 0.4) is 0 Å². The Hall–Kier alpha value is -1.10. The van der Waals surface area contributed by atoms with E-state index >= 15 is 0 Å². The first-order valence-electron chi connectivity index (χ1n) is 7.90. The van der Waals surface area contributed by atoms with Crippen LogP contribution < -0.4 is 10.6 Å². The van der Waals surface area contributed by atoms with Crippen LogP contribution in [0.2, 0.25) is 0 Å². The van der Waals surface area contributed by atoms with E-state index in [4.69, 9.17) is 0 Å². The van der Waals surface area contributed by atoms with Crippen LogP contribution >= 0.6 is 0 Å². The first-order valence-corrected chi connectivity index (χ1v) is 7.90. The molecule has 2 fully saturated rings. The smallest absolute Gasteiger partial charge is 0.220 e. The molecule has 5 nitrogen and oxygen atoms in total. The van der Waals surface area contributed by atoms with E-state index in [1.165, 1.54) is 12.8 Å². The minimum Gasteiger partial charge on any atom is -0.353 e. The zero-order valence-electron chi connectivity index (χ0n) is 12.5. The van der Waals surface area contributed by atoms with Crippen LogP contribution in [0.15, 0.2) is 0 Å². The van der Waals surface area contributed by atoms with Gasteiger partial charge in [-0.05, 0) is 51.1 Å². The van der Waals surface area contributed by atoms with Gasteiger partial charge in [-0.2, -0.15) is 0 Å². The maximum Gasteiger partial charge on any atom is 0.220 e. The Balaban J connectivity index is 1.61. The van der Waals surface area contributed by atoms with Gasteiger partial charge < -0.3 is 15.5 Å². The summed E-state index contributed by atoms with van der Waals surface area (Å²) in [5.41, 5.74) is 0. The number of hydrogen-bond donors (Lipinski definition) is 2. The molecule has 2 N–H and O–H groups in total. The normalized spacial score (nSPS) is 24.4. The lowest BCUT2D eigenvalue weighted by Crippen LogP contribution is -2.46. The van der Waals surface area contributed by atoms with Crippen LogP contribution in [0.25, 0.3) is 0 Å². The Kier molecular flexibility index (Phi) is 5.83. The van der Waals surface area contributed by atoms with Crippen molar-refractivity contribution in [2.24, 2.45) is 5.92 Å². The van der Waals surface area contributed by atoms with Crippen molar-refractivity contribution in [2.45, 2.75) is 51.5 Å². The highest BCUT2D eigenvalue weighted by atomic mass is 16.2. The van der Waals surface area contributed by atoms with Gasteiger partial charge in [-0.3, -0.25) is 9.59 Å². The molecule has 5 heteroatoms. The summed E-state index contributed by atoms with van der Waals surface area (Å²) in [6.07, 6.45) is 5.88. The fourth-order valence-corrected chi connectivity index (χ4v) is 3.14. The predicted molar refractivity (Wildman–Crippen MR) is 78.2 cm³/mol. The number of hydrogen-bond acceptors (Lipinski definition) is 3. The van der Waals surface area contributed by atoms with Gasteiger partial charge in [0.25, 0.3) is 0 Å². The van der Waals surface area contributed by atoms with Crippen molar-refractivity contribution < 1.29 is 9.59 Å². The molecule has 2 amide bonds. The molecule has 1 unspecified atom stereocenters. The molecule has 2 saturated heterocycles. The SMILES string of the molecule is CC(=O)N1CCC(NC(=O)CCC2CCCNC2)CC1. The fourth-order valence-electron chi connectivity index (χ4n) is 3.14. The zero-order valence-corrected chi connectivity index (χ0v) is 12.5. The standard InChI is InChI=1S/C15H27N3O2/c1-12(19)18-9-6-14(7-10-18)17-15(20)5-4-13-3-2-8-16-11-13/h13-14,16H,2-11H2,1H3,(H,17,20). The van der Waals surface area contributed by atoms with Gasteiger partial charge in [0.2, 0.25) is 11.8 Å². The quantitative estimate of drug-likeness (QED) is 0.804. The Morgan fingerprint density at radius 2 is 2.00 bits per heavy atom. The van der Waals surface area contributed by atoms with E-state index in [0.717, 1.165) is 45.4 Å². The topological polar surface area (TPSA) is 61.4 Å². The lowest BCUT2D eigenvalue weighted by Gasteiger charge is -2.31. The van der Waals surface area contributed by atoms with Gasteiger partial charge in [0.15, 0.2) is 0 Å². The summed E-state index contributed by atoms with van der Waals surface area (Å²) in [6.45, 7) is 5.33. The van der Waals surface area contributed by atoms with E-state index in [2.05, 4.69) is 10.6 Å². The van der Waals surface area contributed by atoms with Gasteiger partial charge in [-0.15, -0.1) is 0 Å². The average molecular weight is 281 g/mol. The third-order valence-corrected chi connectivity index (χ3v) is 4.48. The summed E-state index contributed by atoms with van der Waals surface area (Å²) in [6, 6.07) is 0.252. The molecule has 114 valence electrons. The average Bonchev–Trinajstić information content (AvgIpc) is 2.47. The van der Waals surface area contributed by atoms with E-state index in [1.54, 1.807) is 6.92 Å². The van der Waals surface area contributed by atoms with Crippen LogP contribution in [-0.2, 0) is 9.59 Å². The molecule has 2 aliphatic heterocycles. The fraction of sp³-hybridized carbons (Fsp3) is 0.867. The van der Waals surface area contributed by atoms with Gasteiger partial charge in [0.1, 0.15) is 0 Å². The van der Waals surface area contributed by atoms with Gasteiger partial charge >= 0.3 is 0 Å². The number of carbonyl (C=O) groups excluding carboxylic acids is 2. The first kappa shape index (κ1) is 15.3. The van der Waals surface area contributed by atoms with Crippen LogP contribution in [0.5, 0.6) is 0 Å². The number of nitrogens with zero attached hydrogens (tertiary/aromatic N) is 1. The number of nitrogens with one attached hydrogen (secondary N) is 2. The highest BCUT2D eigenvalue weighted by Gasteiger charge is 2.22. The van der Waals surface area contributed by atoms with Crippen molar-refractivity contribution in [1.82, 2.24) is 15.5 Å². The molecule has 0 bridgehead atoms. The summed E-state index contributed by atoms with van der Waals surface area (Å²) >= 11 is 0. The van der Waals surface area contributed by atoms with Crippen molar-refractivity contribution in [3.8, 4) is 0 Å². The van der Waals surface area contributed by atoms with E-state index in [1.807, 2.05) is 4.90 Å². The minimum absolute atomic E-state index is 0.138. The molecule has 0 aromatic heterocycles. The maximum absolute atomic E-state index is 12.0. The summed E-state index contributed by atoms with van der Waals surface area (Å²) in [5, 5.41) is 6.51. The van der Waals surface area contributed by atoms with E-state index in [-0.39, 0.29) is 17.9 Å². The van der Waals surface area contributed by atoms with Crippen molar-refractivity contribution in [3.63, 3.8) is 0 Å². The zero-order chi connectivity index (χ0) is 14.4. The Bertz CT molecular complexity index is 332. The summed E-state index contributed by atoms with van der Waals surface area (Å²) in [7, 11) is 0. The van der Waals surface area contributed by atoms with E-state index in [9.17, 15) is 9.59 Å². The van der Waals surface area contributed by atoms with Crippen molar-refractivity contribution >= 4 is 11.8 Å². The molecule has 1 atom stereocenters. The first-order chi connectivity index (χ1) is 9.65. The monoisotopic (exact) mass is 281 g/mol. The summed E-state index contributed by atoms with van der Waals surface area (Å²) in [5.74, 6) is 0.977. The van der Waals surface area contributed by atoms with Crippen LogP contribution in [0.1, 0.15) is 45.4 Å². The molecule has 20 heavy (non-hydrogen) atoms. The predicted octanol–water partition coefficient (Wildman–Crippen LogP) is 0.893. The molecule has 0 radical (unpaired) electrons. The van der Waals surface area contributed by atoms with Crippen molar-refractivity contribution in [2.75, 3.05) is 26.2 Å². The lowest BCUT2D eigenvalue weighted by atomic mass is 9.94. The largest absolute Gasteiger partial charge is 0.353 e. The molecule has 0 spiro atoms. The van der Waals surface area contributed by atoms with Crippen LogP contribution in [-0.4, -0.2) is 48.9 Å². The number of rotatable bonds is 4. The number of carbonyl (C=O) groups is 2. The molecular weight excluding hydrogens is 254 g/mol. The third kappa shape index (κ3) is 4.78. The molecule has 2 aliphatic rings. The second kappa shape index (κ2) is 7.62. The Morgan fingerprint density at radius 1 is 1.25 bits per heavy atom. The number of piperidine rings is 2. The summed E-state index contributed by atoms with van der Waals surface area (Å²) < 4.78 is 0. The van der Waals surface area contributed by atoms with Gasteiger partial charge in [0.05, 0.1) is 0 Å². The van der Waals surface area contributed by atoms with Crippen LogP contribution in [0, 0.1) is 5.92 Å². The van der Waals surface area contributed by atoms with Gasteiger partial charge in [-0.1, -0.05) is 0 Å². The highest BCUT2D eigenvalue weighted by Crippen LogP contribution is 2.16. The number of amides is 2. The van der Waals surface area contributed by atoms with E-state index < -0.39 is 0 Å². The molecule has 2 heterocycles. The van der Waals surface area contributed by atoms with Crippen molar-refractivity contribution in [1.29, 1.82) is 0 Å². The van der Waals surface area contributed by atoms with Gasteiger partial charge in [-0.25, -0.2) is 0 Å². The van der Waals surface area contributed by atoms with Gasteiger partial charge in [0, 0.05) is 32.5 Å². The van der Waals surface area contributed by atoms with Crippen molar-refractivity contribution in [3.05, 3.63) is 0 Å². The number of likely N-dealkylation sites (tertiary alicyclic amines) is 1. The Labute approximate surface area is 121 Å². The molecule has 0 aromatic carbocycles. The molecular formula is C15H27N3O2. The highest BCUT2D eigenvalue weighted by molar-refractivity contribution is 5.76. The Morgan fingerprint density at radius 3 is 2.60 bits per heavy atom. The molecule has 0 saturated carbocycles. The van der Waals surface area contributed by atoms with Crippen LogP contribution in [0.4, 0.5) is 0 Å². The molecule has 0 aliphatic carbocycles.